The third-order valence-corrected chi connectivity index (χ3v) is 3.81. The molecule has 104 valence electrons. The van der Waals surface area contributed by atoms with E-state index in [4.69, 9.17) is 4.74 Å². The highest BCUT2D eigenvalue weighted by Gasteiger charge is 2.56. The predicted octanol–water partition coefficient (Wildman–Crippen LogP) is 2.24. The molecule has 2 aliphatic heterocycles. The molecule has 2 rings (SSSR count). The van der Waals surface area contributed by atoms with Gasteiger partial charge in [0, 0.05) is 31.1 Å². The van der Waals surface area contributed by atoms with E-state index in [1.165, 1.54) is 6.42 Å². The van der Waals surface area contributed by atoms with Crippen LogP contribution in [0.5, 0.6) is 0 Å². The summed E-state index contributed by atoms with van der Waals surface area (Å²) in [6, 6.07) is 0.580. The first-order chi connectivity index (χ1) is 8.22. The lowest BCUT2D eigenvalue weighted by Gasteiger charge is -2.61. The molecular weight excluding hydrogens is 228 g/mol. The highest BCUT2D eigenvalue weighted by Crippen LogP contribution is 2.42. The Morgan fingerprint density at radius 3 is 2.44 bits per heavy atom. The molecule has 0 saturated carbocycles. The number of hydrogen-bond acceptors (Lipinski definition) is 3. The second-order valence-electron chi connectivity index (χ2n) is 7.26. The van der Waals surface area contributed by atoms with Crippen molar-refractivity contribution in [2.45, 2.75) is 52.7 Å². The molecule has 4 heteroatoms. The van der Waals surface area contributed by atoms with Gasteiger partial charge in [-0.15, -0.1) is 0 Å². The molecule has 0 aliphatic carbocycles. The number of carbonyl (C=O) groups excluding carboxylic acids is 1. The fourth-order valence-electron chi connectivity index (χ4n) is 2.84. The summed E-state index contributed by atoms with van der Waals surface area (Å²) >= 11 is 0. The fourth-order valence-corrected chi connectivity index (χ4v) is 2.84. The third-order valence-electron chi connectivity index (χ3n) is 3.81. The summed E-state index contributed by atoms with van der Waals surface area (Å²) in [6.45, 7) is 13.0. The van der Waals surface area contributed by atoms with Crippen LogP contribution in [0.4, 0.5) is 4.79 Å². The van der Waals surface area contributed by atoms with Crippen molar-refractivity contribution in [3.05, 3.63) is 0 Å². The number of carbonyl (C=O) groups is 1. The molecule has 1 amide bonds. The monoisotopic (exact) mass is 254 g/mol. The normalized spacial score (nSPS) is 25.9. The zero-order valence-electron chi connectivity index (χ0n) is 12.2. The van der Waals surface area contributed by atoms with Crippen LogP contribution in [0.2, 0.25) is 0 Å². The van der Waals surface area contributed by atoms with E-state index in [-0.39, 0.29) is 6.09 Å². The smallest absolute Gasteiger partial charge is 0.410 e. The molecule has 0 radical (unpaired) electrons. The van der Waals surface area contributed by atoms with E-state index >= 15 is 0 Å². The molecule has 18 heavy (non-hydrogen) atoms. The van der Waals surface area contributed by atoms with Crippen LogP contribution in [0, 0.1) is 11.3 Å². The van der Waals surface area contributed by atoms with Gasteiger partial charge in [0.1, 0.15) is 5.60 Å². The van der Waals surface area contributed by atoms with Gasteiger partial charge in [0.15, 0.2) is 0 Å². The van der Waals surface area contributed by atoms with Crippen LogP contribution in [-0.4, -0.2) is 42.3 Å². The van der Waals surface area contributed by atoms with Crippen LogP contribution in [0.15, 0.2) is 0 Å². The largest absolute Gasteiger partial charge is 0.444 e. The van der Waals surface area contributed by atoms with Crippen LogP contribution in [0.3, 0.4) is 0 Å². The number of ether oxygens (including phenoxy) is 1. The van der Waals surface area contributed by atoms with Crippen molar-refractivity contribution in [3.63, 3.8) is 0 Å². The average Bonchev–Trinajstić information content (AvgIpc) is 2.07. The van der Waals surface area contributed by atoms with Crippen LogP contribution in [-0.2, 0) is 4.74 Å². The first-order valence-corrected chi connectivity index (χ1v) is 6.93. The van der Waals surface area contributed by atoms with Crippen molar-refractivity contribution in [3.8, 4) is 0 Å². The molecule has 0 aromatic rings. The van der Waals surface area contributed by atoms with Gasteiger partial charge in [-0.1, -0.05) is 13.8 Å². The van der Waals surface area contributed by atoms with Gasteiger partial charge in [0.2, 0.25) is 0 Å². The summed E-state index contributed by atoms with van der Waals surface area (Å²) in [5.74, 6) is 0.704. The number of nitrogens with one attached hydrogen (secondary N) is 1. The Morgan fingerprint density at radius 1 is 1.44 bits per heavy atom. The van der Waals surface area contributed by atoms with Crippen molar-refractivity contribution < 1.29 is 9.53 Å². The quantitative estimate of drug-likeness (QED) is 0.821. The topological polar surface area (TPSA) is 41.6 Å². The van der Waals surface area contributed by atoms with E-state index in [1.807, 2.05) is 25.7 Å². The fraction of sp³-hybridized carbons (Fsp3) is 0.929. The van der Waals surface area contributed by atoms with Gasteiger partial charge < -0.3 is 15.0 Å². The molecule has 0 aromatic carbocycles. The Kier molecular flexibility index (Phi) is 3.34. The summed E-state index contributed by atoms with van der Waals surface area (Å²) in [5, 5.41) is 3.50. The first-order valence-electron chi connectivity index (χ1n) is 6.93. The first kappa shape index (κ1) is 13.7. The molecule has 2 saturated heterocycles. The molecule has 2 heterocycles. The van der Waals surface area contributed by atoms with Crippen molar-refractivity contribution in [1.82, 2.24) is 10.2 Å². The minimum Gasteiger partial charge on any atom is -0.444 e. The van der Waals surface area contributed by atoms with Gasteiger partial charge in [0.25, 0.3) is 0 Å². The highest BCUT2D eigenvalue weighted by atomic mass is 16.6. The molecule has 4 nitrogen and oxygen atoms in total. The number of nitrogens with zero attached hydrogens (tertiary/aromatic N) is 1. The maximum Gasteiger partial charge on any atom is 0.410 e. The van der Waals surface area contributed by atoms with E-state index in [0.717, 1.165) is 19.6 Å². The maximum absolute atomic E-state index is 11.9. The number of amides is 1. The number of rotatable bonds is 2. The molecule has 2 fully saturated rings. The average molecular weight is 254 g/mol. The molecular formula is C14H26N2O2. The zero-order valence-corrected chi connectivity index (χ0v) is 12.2. The minimum absolute atomic E-state index is 0.164. The predicted molar refractivity (Wildman–Crippen MR) is 71.5 cm³/mol. The SMILES string of the molecule is CC(C)CC1NCC12CN(C(=O)OC(C)(C)C)C2. The minimum atomic E-state index is -0.394. The third kappa shape index (κ3) is 2.63. The lowest BCUT2D eigenvalue weighted by Crippen LogP contribution is -2.77. The van der Waals surface area contributed by atoms with Gasteiger partial charge in [-0.25, -0.2) is 4.79 Å². The summed E-state index contributed by atoms with van der Waals surface area (Å²) in [7, 11) is 0. The summed E-state index contributed by atoms with van der Waals surface area (Å²) in [5.41, 5.74) is -0.0593. The lowest BCUT2D eigenvalue weighted by atomic mass is 9.65. The van der Waals surface area contributed by atoms with E-state index in [9.17, 15) is 4.79 Å². The van der Waals surface area contributed by atoms with Gasteiger partial charge in [-0.05, 0) is 33.1 Å². The molecule has 1 unspecified atom stereocenters. The Labute approximate surface area is 110 Å². The molecule has 1 spiro atoms. The van der Waals surface area contributed by atoms with Crippen molar-refractivity contribution in [2.24, 2.45) is 11.3 Å². The Morgan fingerprint density at radius 2 is 2.06 bits per heavy atom. The van der Waals surface area contributed by atoms with Crippen molar-refractivity contribution in [1.29, 1.82) is 0 Å². The standard InChI is InChI=1S/C14H26N2O2/c1-10(2)6-11-14(7-15-11)8-16(9-14)12(17)18-13(3,4)5/h10-11,15H,6-9H2,1-5H3. The molecule has 2 aliphatic rings. The Bertz CT molecular complexity index is 327. The summed E-state index contributed by atoms with van der Waals surface area (Å²) in [4.78, 5) is 13.7. The number of hydrogen-bond donors (Lipinski definition) is 1. The molecule has 1 atom stereocenters. The lowest BCUT2D eigenvalue weighted by molar-refractivity contribution is -0.0881. The van der Waals surface area contributed by atoms with Gasteiger partial charge in [0.05, 0.1) is 0 Å². The van der Waals surface area contributed by atoms with E-state index < -0.39 is 5.60 Å². The second kappa shape index (κ2) is 4.41. The molecule has 1 N–H and O–H groups in total. The van der Waals surface area contributed by atoms with Crippen LogP contribution in [0.25, 0.3) is 0 Å². The highest BCUT2D eigenvalue weighted by molar-refractivity contribution is 5.69. The van der Waals surface area contributed by atoms with E-state index in [0.29, 0.717) is 17.4 Å². The zero-order chi connectivity index (χ0) is 13.6. The Balaban J connectivity index is 1.81. The maximum atomic E-state index is 11.9. The van der Waals surface area contributed by atoms with E-state index in [2.05, 4.69) is 19.2 Å². The van der Waals surface area contributed by atoms with Crippen molar-refractivity contribution in [2.75, 3.05) is 19.6 Å². The van der Waals surface area contributed by atoms with Crippen LogP contribution >= 0.6 is 0 Å². The second-order valence-corrected chi connectivity index (χ2v) is 7.26. The summed E-state index contributed by atoms with van der Waals surface area (Å²) < 4.78 is 5.39. The molecule has 0 aromatic heterocycles. The summed E-state index contributed by atoms with van der Waals surface area (Å²) in [6.07, 6.45) is 1.03. The molecule has 0 bridgehead atoms. The van der Waals surface area contributed by atoms with E-state index in [1.54, 1.807) is 0 Å². The van der Waals surface area contributed by atoms with Gasteiger partial charge >= 0.3 is 6.09 Å². The number of likely N-dealkylation sites (tertiary alicyclic amines) is 1. The van der Waals surface area contributed by atoms with Crippen molar-refractivity contribution >= 4 is 6.09 Å². The van der Waals surface area contributed by atoms with Crippen LogP contribution < -0.4 is 5.32 Å². The van der Waals surface area contributed by atoms with Gasteiger partial charge in [-0.3, -0.25) is 0 Å². The van der Waals surface area contributed by atoms with Gasteiger partial charge in [-0.2, -0.15) is 0 Å². The Hall–Kier alpha value is -0.770. The van der Waals surface area contributed by atoms with Crippen LogP contribution in [0.1, 0.15) is 41.0 Å².